The molecule has 4 nitrogen and oxygen atoms in total. The molecule has 0 aliphatic rings. The van der Waals surface area contributed by atoms with Crippen molar-refractivity contribution in [2.45, 2.75) is 33.6 Å². The van der Waals surface area contributed by atoms with Crippen LogP contribution < -0.4 is 4.74 Å². The van der Waals surface area contributed by atoms with Gasteiger partial charge in [0.15, 0.2) is 5.82 Å². The summed E-state index contributed by atoms with van der Waals surface area (Å²) in [6.45, 7) is 6.88. The van der Waals surface area contributed by atoms with Gasteiger partial charge in [0, 0.05) is 18.0 Å². The molecule has 2 rings (SSSR count). The number of rotatable bonds is 8. The van der Waals surface area contributed by atoms with Gasteiger partial charge in [-0.2, -0.15) is 0 Å². The van der Waals surface area contributed by atoms with Gasteiger partial charge in [0.2, 0.25) is 5.78 Å². The predicted octanol–water partition coefficient (Wildman–Crippen LogP) is 4.71. The lowest BCUT2D eigenvalue weighted by Crippen LogP contribution is -2.03. The van der Waals surface area contributed by atoms with E-state index in [0.717, 1.165) is 18.6 Å². The Morgan fingerprint density at radius 3 is 2.54 bits per heavy atom. The van der Waals surface area contributed by atoms with E-state index in [1.54, 1.807) is 24.5 Å². The van der Waals surface area contributed by atoms with Crippen LogP contribution in [0, 0.1) is 0 Å². The second-order valence-electron chi connectivity index (χ2n) is 5.97. The fraction of sp³-hybridized carbons (Fsp3) is 0.300. The number of H-pyrrole nitrogens is 1. The molecule has 0 bridgehead atoms. The number of carbonyl (C=O) groups excluding carboxylic acids is 1. The van der Waals surface area contributed by atoms with Crippen molar-refractivity contribution in [2.75, 3.05) is 6.61 Å². The lowest BCUT2D eigenvalue weighted by molar-refractivity contribution is 0.103. The zero-order valence-electron chi connectivity index (χ0n) is 14.5. The standard InChI is InChI=1S/C20H24N2O2/c1-15(2)5-4-6-16(3)11-14-24-18-9-7-17(8-10-18)19(23)20-21-12-13-22-20/h5,7-13H,4,6,14H2,1-3H3,(H,21,22). The maximum Gasteiger partial charge on any atom is 0.228 e. The number of ketones is 1. The zero-order valence-corrected chi connectivity index (χ0v) is 14.5. The Morgan fingerprint density at radius 2 is 1.92 bits per heavy atom. The number of aromatic nitrogens is 2. The smallest absolute Gasteiger partial charge is 0.228 e. The van der Waals surface area contributed by atoms with E-state index < -0.39 is 0 Å². The van der Waals surface area contributed by atoms with Crippen molar-refractivity contribution in [1.82, 2.24) is 9.97 Å². The summed E-state index contributed by atoms with van der Waals surface area (Å²) in [6.07, 6.45) is 9.65. The molecule has 0 saturated heterocycles. The van der Waals surface area contributed by atoms with Crippen LogP contribution in [-0.4, -0.2) is 22.4 Å². The Hall–Kier alpha value is -2.62. The minimum absolute atomic E-state index is 0.124. The highest BCUT2D eigenvalue weighted by Gasteiger charge is 2.10. The van der Waals surface area contributed by atoms with Crippen molar-refractivity contribution < 1.29 is 9.53 Å². The first-order valence-corrected chi connectivity index (χ1v) is 8.12. The quantitative estimate of drug-likeness (QED) is 0.565. The molecule has 0 amide bonds. The minimum Gasteiger partial charge on any atom is -0.490 e. The van der Waals surface area contributed by atoms with Crippen LogP contribution in [0.1, 0.15) is 49.8 Å². The molecule has 1 aromatic carbocycles. The Balaban J connectivity index is 1.84. The summed E-state index contributed by atoms with van der Waals surface area (Å²) in [5.74, 6) is 0.972. The zero-order chi connectivity index (χ0) is 17.4. The van der Waals surface area contributed by atoms with Crippen molar-refractivity contribution in [3.63, 3.8) is 0 Å². The lowest BCUT2D eigenvalue weighted by Gasteiger charge is -2.05. The number of benzene rings is 1. The highest BCUT2D eigenvalue weighted by molar-refractivity contribution is 6.06. The van der Waals surface area contributed by atoms with Gasteiger partial charge in [0.25, 0.3) is 0 Å². The fourth-order valence-electron chi connectivity index (χ4n) is 2.20. The average Bonchev–Trinajstić information content (AvgIpc) is 3.09. The maximum atomic E-state index is 12.1. The van der Waals surface area contributed by atoms with Crippen LogP contribution in [0.5, 0.6) is 5.75 Å². The first-order valence-electron chi connectivity index (χ1n) is 8.12. The summed E-state index contributed by atoms with van der Waals surface area (Å²) in [4.78, 5) is 18.9. The van der Waals surface area contributed by atoms with Gasteiger partial charge in [-0.25, -0.2) is 4.98 Å². The van der Waals surface area contributed by atoms with Gasteiger partial charge in [-0.3, -0.25) is 4.79 Å². The Labute approximate surface area is 143 Å². The minimum atomic E-state index is -0.124. The SMILES string of the molecule is CC(C)=CCCC(C)=CCOc1ccc(C(=O)c2ncc[nH]2)cc1. The maximum absolute atomic E-state index is 12.1. The van der Waals surface area contributed by atoms with Gasteiger partial charge in [-0.15, -0.1) is 0 Å². The molecular weight excluding hydrogens is 300 g/mol. The van der Waals surface area contributed by atoms with Gasteiger partial charge in [0.1, 0.15) is 12.4 Å². The normalized spacial score (nSPS) is 11.2. The van der Waals surface area contributed by atoms with E-state index in [1.165, 1.54) is 11.1 Å². The van der Waals surface area contributed by atoms with Crippen molar-refractivity contribution >= 4 is 5.78 Å². The predicted molar refractivity (Wildman–Crippen MR) is 96.4 cm³/mol. The molecule has 0 fully saturated rings. The van der Waals surface area contributed by atoms with E-state index in [2.05, 4.69) is 42.9 Å². The van der Waals surface area contributed by atoms with E-state index in [1.807, 2.05) is 12.1 Å². The Morgan fingerprint density at radius 1 is 1.17 bits per heavy atom. The number of nitrogens with one attached hydrogen (secondary N) is 1. The third-order valence-electron chi connectivity index (χ3n) is 3.60. The summed E-state index contributed by atoms with van der Waals surface area (Å²) in [5, 5.41) is 0. The number of hydrogen-bond donors (Lipinski definition) is 1. The monoisotopic (exact) mass is 324 g/mol. The molecule has 0 unspecified atom stereocenters. The van der Waals surface area contributed by atoms with Crippen LogP contribution in [0.2, 0.25) is 0 Å². The van der Waals surface area contributed by atoms with Crippen LogP contribution in [0.4, 0.5) is 0 Å². The molecule has 1 N–H and O–H groups in total. The van der Waals surface area contributed by atoms with Crippen LogP contribution in [-0.2, 0) is 0 Å². The van der Waals surface area contributed by atoms with Gasteiger partial charge in [-0.05, 0) is 64.0 Å². The number of ether oxygens (including phenoxy) is 1. The highest BCUT2D eigenvalue weighted by atomic mass is 16.5. The number of allylic oxidation sites excluding steroid dienone is 3. The fourth-order valence-corrected chi connectivity index (χ4v) is 2.20. The van der Waals surface area contributed by atoms with Gasteiger partial charge >= 0.3 is 0 Å². The van der Waals surface area contributed by atoms with Crippen molar-refractivity contribution in [2.24, 2.45) is 0 Å². The van der Waals surface area contributed by atoms with Gasteiger partial charge in [0.05, 0.1) is 0 Å². The Bertz CT molecular complexity index is 707. The number of nitrogens with zero attached hydrogens (tertiary/aromatic N) is 1. The first kappa shape index (κ1) is 17.7. The first-order chi connectivity index (χ1) is 11.6. The third-order valence-corrected chi connectivity index (χ3v) is 3.60. The molecule has 0 aliphatic heterocycles. The number of hydrogen-bond acceptors (Lipinski definition) is 3. The van der Waals surface area contributed by atoms with Gasteiger partial charge in [-0.1, -0.05) is 17.2 Å². The van der Waals surface area contributed by atoms with E-state index >= 15 is 0 Å². The van der Waals surface area contributed by atoms with Crippen LogP contribution in [0.15, 0.2) is 60.0 Å². The number of aromatic amines is 1. The van der Waals surface area contributed by atoms with Crippen LogP contribution >= 0.6 is 0 Å². The number of carbonyl (C=O) groups is 1. The highest BCUT2D eigenvalue weighted by Crippen LogP contribution is 2.15. The molecular formula is C20H24N2O2. The van der Waals surface area contributed by atoms with Crippen molar-refractivity contribution in [3.05, 3.63) is 71.3 Å². The molecule has 4 heteroatoms. The summed E-state index contributed by atoms with van der Waals surface area (Å²) in [7, 11) is 0. The molecule has 0 saturated carbocycles. The second-order valence-corrected chi connectivity index (χ2v) is 5.97. The summed E-state index contributed by atoms with van der Waals surface area (Å²) < 4.78 is 5.70. The average molecular weight is 324 g/mol. The molecule has 1 aromatic heterocycles. The van der Waals surface area contributed by atoms with Crippen molar-refractivity contribution in [3.8, 4) is 5.75 Å². The van der Waals surface area contributed by atoms with E-state index in [4.69, 9.17) is 4.74 Å². The van der Waals surface area contributed by atoms with Crippen molar-refractivity contribution in [1.29, 1.82) is 0 Å². The van der Waals surface area contributed by atoms with Crippen LogP contribution in [0.25, 0.3) is 0 Å². The summed E-state index contributed by atoms with van der Waals surface area (Å²) in [6, 6.07) is 7.13. The van der Waals surface area contributed by atoms with Crippen LogP contribution in [0.3, 0.4) is 0 Å². The molecule has 0 atom stereocenters. The lowest BCUT2D eigenvalue weighted by atomic mass is 10.1. The van der Waals surface area contributed by atoms with E-state index in [-0.39, 0.29) is 5.78 Å². The van der Waals surface area contributed by atoms with Gasteiger partial charge < -0.3 is 9.72 Å². The molecule has 126 valence electrons. The molecule has 0 spiro atoms. The summed E-state index contributed by atoms with van der Waals surface area (Å²) >= 11 is 0. The molecule has 24 heavy (non-hydrogen) atoms. The topological polar surface area (TPSA) is 55.0 Å². The third kappa shape index (κ3) is 5.54. The molecule has 0 aliphatic carbocycles. The largest absolute Gasteiger partial charge is 0.490 e. The summed E-state index contributed by atoms with van der Waals surface area (Å²) in [5.41, 5.74) is 3.26. The Kier molecular flexibility index (Phi) is 6.55. The number of imidazole rings is 1. The second kappa shape index (κ2) is 8.87. The molecule has 0 radical (unpaired) electrons. The van der Waals surface area contributed by atoms with E-state index in [0.29, 0.717) is 18.0 Å². The van der Waals surface area contributed by atoms with E-state index in [9.17, 15) is 4.79 Å². The molecule has 2 aromatic rings. The molecule has 1 heterocycles.